The molecule has 0 spiro atoms. The number of anilines is 3. The summed E-state index contributed by atoms with van der Waals surface area (Å²) in [4.78, 5) is 20.1. The van der Waals surface area contributed by atoms with E-state index in [-0.39, 0.29) is 17.6 Å². The number of nitrogens with zero attached hydrogens (tertiary/aromatic N) is 2. The van der Waals surface area contributed by atoms with Crippen molar-refractivity contribution in [2.24, 2.45) is 0 Å². The van der Waals surface area contributed by atoms with Crippen molar-refractivity contribution < 1.29 is 22.7 Å². The van der Waals surface area contributed by atoms with Gasteiger partial charge in [0.1, 0.15) is 11.6 Å². The van der Waals surface area contributed by atoms with Crippen molar-refractivity contribution in [3.63, 3.8) is 0 Å². The normalized spacial score (nSPS) is 12.0. The van der Waals surface area contributed by atoms with E-state index in [2.05, 4.69) is 43.8 Å². The smallest absolute Gasteiger partial charge is 0.406 e. The molecule has 0 aliphatic carbocycles. The zero-order chi connectivity index (χ0) is 23.7. The number of ether oxygens (including phenoxy) is 1. The summed E-state index contributed by atoms with van der Waals surface area (Å²) in [6, 6.07) is 5.34. The average Bonchev–Trinajstić information content (AvgIpc) is 2.69. The van der Waals surface area contributed by atoms with Crippen LogP contribution in [0.2, 0.25) is 0 Å². The summed E-state index contributed by atoms with van der Waals surface area (Å²) >= 11 is 0. The van der Waals surface area contributed by atoms with E-state index in [1.165, 1.54) is 24.3 Å². The molecule has 1 aromatic heterocycles. The number of carbonyl (C=O) groups excluding carboxylic acids is 1. The fourth-order valence-electron chi connectivity index (χ4n) is 2.43. The Bertz CT molecular complexity index is 1060. The Balaban J connectivity index is 2.19. The van der Waals surface area contributed by atoms with Gasteiger partial charge >= 0.3 is 6.36 Å². The summed E-state index contributed by atoms with van der Waals surface area (Å²) in [7, 11) is 0. The van der Waals surface area contributed by atoms with E-state index >= 15 is 0 Å². The first-order valence-corrected chi connectivity index (χ1v) is 9.27. The second-order valence-electron chi connectivity index (χ2n) is 6.43. The number of halogens is 3. The second kappa shape index (κ2) is 10.8. The molecule has 0 fully saturated rings. The van der Waals surface area contributed by atoms with Gasteiger partial charge in [0.15, 0.2) is 0 Å². The maximum atomic E-state index is 12.4. The predicted octanol–water partition coefficient (Wildman–Crippen LogP) is 5.12. The maximum Gasteiger partial charge on any atom is 0.573 e. The number of alkyl halides is 3. The van der Waals surface area contributed by atoms with Crippen LogP contribution in [-0.4, -0.2) is 22.2 Å². The molecule has 3 N–H and O–H groups in total. The topological polar surface area (TPSA) is 88.2 Å². The maximum absolute atomic E-state index is 12.4. The fourth-order valence-corrected chi connectivity index (χ4v) is 2.43. The molecule has 0 radical (unpaired) electrons. The SMILES string of the molecule is C=C/C=C(\C=C(/C)Nc1nc(Nc2cccc(OC(F)(F)F)c2)ncc1C)NC(=O)C=C. The minimum Gasteiger partial charge on any atom is -0.406 e. The molecule has 0 bridgehead atoms. The van der Waals surface area contributed by atoms with Gasteiger partial charge in [-0.25, -0.2) is 4.98 Å². The van der Waals surface area contributed by atoms with Crippen LogP contribution in [0.3, 0.4) is 0 Å². The number of amides is 1. The molecule has 0 aliphatic heterocycles. The lowest BCUT2D eigenvalue weighted by atomic mass is 10.3. The average molecular weight is 445 g/mol. The standard InChI is InChI=1S/C22H22F3N5O2/c1-5-8-16(28-19(31)6-2)11-15(4)27-20-14(3)13-26-21(30-20)29-17-9-7-10-18(12-17)32-22(23,24)25/h5-13H,1-2H2,3-4H3,(H,28,31)(H2,26,27,29,30)/b15-11+,16-8+. The number of nitrogens with one attached hydrogen (secondary N) is 3. The zero-order valence-electron chi connectivity index (χ0n) is 17.5. The van der Waals surface area contributed by atoms with E-state index in [9.17, 15) is 18.0 Å². The van der Waals surface area contributed by atoms with Crippen LogP contribution in [0.1, 0.15) is 12.5 Å². The number of hydrogen-bond acceptors (Lipinski definition) is 6. The third kappa shape index (κ3) is 7.98. The van der Waals surface area contributed by atoms with Crippen molar-refractivity contribution in [2.45, 2.75) is 20.2 Å². The van der Waals surface area contributed by atoms with Crippen molar-refractivity contribution in [3.8, 4) is 5.75 Å². The fraction of sp³-hybridized carbons (Fsp3) is 0.136. The van der Waals surface area contributed by atoms with Crippen LogP contribution in [0.25, 0.3) is 0 Å². The molecular formula is C22H22F3N5O2. The molecule has 32 heavy (non-hydrogen) atoms. The first-order valence-electron chi connectivity index (χ1n) is 9.27. The van der Waals surface area contributed by atoms with E-state index in [1.807, 2.05) is 0 Å². The van der Waals surface area contributed by atoms with Crippen molar-refractivity contribution in [3.05, 3.63) is 84.9 Å². The van der Waals surface area contributed by atoms with Crippen LogP contribution in [-0.2, 0) is 4.79 Å². The number of aryl methyl sites for hydroxylation is 1. The monoisotopic (exact) mass is 445 g/mol. The predicted molar refractivity (Wildman–Crippen MR) is 117 cm³/mol. The Morgan fingerprint density at radius 2 is 2.00 bits per heavy atom. The Morgan fingerprint density at radius 3 is 2.66 bits per heavy atom. The number of carbonyl (C=O) groups is 1. The van der Waals surface area contributed by atoms with Gasteiger partial charge in [-0.15, -0.1) is 13.2 Å². The summed E-state index contributed by atoms with van der Waals surface area (Å²) < 4.78 is 41.2. The number of benzene rings is 1. The molecule has 0 unspecified atom stereocenters. The highest BCUT2D eigenvalue weighted by molar-refractivity contribution is 5.88. The number of rotatable bonds is 9. The first kappa shape index (κ1) is 24.2. The van der Waals surface area contributed by atoms with E-state index in [4.69, 9.17) is 0 Å². The van der Waals surface area contributed by atoms with E-state index in [0.717, 1.165) is 11.6 Å². The quantitative estimate of drug-likeness (QED) is 0.367. The minimum atomic E-state index is -4.79. The molecule has 0 saturated carbocycles. The molecule has 10 heteroatoms. The van der Waals surface area contributed by atoms with Crippen molar-refractivity contribution in [1.29, 1.82) is 0 Å². The van der Waals surface area contributed by atoms with Gasteiger partial charge in [0.25, 0.3) is 0 Å². The van der Waals surface area contributed by atoms with Gasteiger partial charge in [-0.3, -0.25) is 4.79 Å². The lowest BCUT2D eigenvalue weighted by Crippen LogP contribution is -2.19. The molecule has 0 saturated heterocycles. The highest BCUT2D eigenvalue weighted by Gasteiger charge is 2.31. The summed E-state index contributed by atoms with van der Waals surface area (Å²) in [6.45, 7) is 10.6. The molecule has 0 aliphatic rings. The molecular weight excluding hydrogens is 423 g/mol. The lowest BCUT2D eigenvalue weighted by Gasteiger charge is -2.13. The summed E-state index contributed by atoms with van der Waals surface area (Å²) in [5, 5.41) is 8.59. The van der Waals surface area contributed by atoms with Crippen molar-refractivity contribution in [2.75, 3.05) is 10.6 Å². The minimum absolute atomic E-state index is 0.164. The molecule has 1 aromatic carbocycles. The Labute approximate surface area is 183 Å². The lowest BCUT2D eigenvalue weighted by molar-refractivity contribution is -0.274. The van der Waals surface area contributed by atoms with E-state index < -0.39 is 6.36 Å². The van der Waals surface area contributed by atoms with Gasteiger partial charge in [0.05, 0.1) is 0 Å². The molecule has 1 amide bonds. The first-order chi connectivity index (χ1) is 15.1. The third-order valence-corrected chi connectivity index (χ3v) is 3.73. The van der Waals surface area contributed by atoms with Crippen LogP contribution >= 0.6 is 0 Å². The number of allylic oxidation sites excluding steroid dienone is 4. The van der Waals surface area contributed by atoms with Crippen LogP contribution in [0.4, 0.5) is 30.6 Å². The van der Waals surface area contributed by atoms with E-state index in [1.54, 1.807) is 38.3 Å². The largest absolute Gasteiger partial charge is 0.573 e. The van der Waals surface area contributed by atoms with Gasteiger partial charge in [-0.1, -0.05) is 25.3 Å². The second-order valence-corrected chi connectivity index (χ2v) is 6.43. The van der Waals surface area contributed by atoms with Crippen LogP contribution in [0.5, 0.6) is 5.75 Å². The molecule has 168 valence electrons. The van der Waals surface area contributed by atoms with E-state index in [0.29, 0.717) is 22.9 Å². The van der Waals surface area contributed by atoms with Crippen molar-refractivity contribution in [1.82, 2.24) is 15.3 Å². The van der Waals surface area contributed by atoms with Crippen LogP contribution in [0.15, 0.2) is 79.3 Å². The van der Waals surface area contributed by atoms with Crippen molar-refractivity contribution >= 4 is 23.4 Å². The highest BCUT2D eigenvalue weighted by Crippen LogP contribution is 2.26. The molecule has 7 nitrogen and oxygen atoms in total. The van der Waals surface area contributed by atoms with Gasteiger partial charge in [0, 0.05) is 34.9 Å². The molecule has 2 rings (SSSR count). The summed E-state index contributed by atoms with van der Waals surface area (Å²) in [5.74, 6) is -0.109. The third-order valence-electron chi connectivity index (χ3n) is 3.73. The molecule has 0 atom stereocenters. The Kier molecular flexibility index (Phi) is 8.17. The Hall–Kier alpha value is -4.08. The molecule has 1 heterocycles. The summed E-state index contributed by atoms with van der Waals surface area (Å²) in [5.41, 5.74) is 2.18. The van der Waals surface area contributed by atoms with Gasteiger partial charge in [-0.2, -0.15) is 4.98 Å². The van der Waals surface area contributed by atoms with Gasteiger partial charge < -0.3 is 20.7 Å². The molecule has 2 aromatic rings. The number of aromatic nitrogens is 2. The highest BCUT2D eigenvalue weighted by atomic mass is 19.4. The van der Waals surface area contributed by atoms with Crippen LogP contribution < -0.4 is 20.7 Å². The van der Waals surface area contributed by atoms with Gasteiger partial charge in [0.2, 0.25) is 11.9 Å². The van der Waals surface area contributed by atoms with Gasteiger partial charge in [-0.05, 0) is 44.2 Å². The Morgan fingerprint density at radius 1 is 1.25 bits per heavy atom. The van der Waals surface area contributed by atoms with Crippen LogP contribution in [0, 0.1) is 6.92 Å². The summed E-state index contributed by atoms with van der Waals surface area (Å²) in [6.07, 6.45) is 2.73. The number of hydrogen-bond donors (Lipinski definition) is 3. The zero-order valence-corrected chi connectivity index (χ0v) is 17.5.